The SMILES string of the molecule is CCOc1cc(O)cc(C(Cc2ccccc2)NCc2ccccc2)c1.Cl. The molecule has 0 amide bonds. The molecular formula is C23H26ClNO2. The number of phenolic OH excluding ortho intramolecular Hbond substituents is 1. The quantitative estimate of drug-likeness (QED) is 0.555. The number of hydrogen-bond acceptors (Lipinski definition) is 3. The van der Waals surface area contributed by atoms with Crippen LogP contribution in [0.15, 0.2) is 78.9 Å². The van der Waals surface area contributed by atoms with Crippen molar-refractivity contribution in [3.63, 3.8) is 0 Å². The second kappa shape index (κ2) is 10.6. The van der Waals surface area contributed by atoms with Crippen LogP contribution in [0, 0.1) is 0 Å². The first-order chi connectivity index (χ1) is 12.7. The van der Waals surface area contributed by atoms with Gasteiger partial charge in [-0.05, 0) is 42.2 Å². The van der Waals surface area contributed by atoms with Crippen LogP contribution in [0.5, 0.6) is 11.5 Å². The number of nitrogens with one attached hydrogen (secondary N) is 1. The normalized spacial score (nSPS) is 11.4. The summed E-state index contributed by atoms with van der Waals surface area (Å²) in [5.41, 5.74) is 3.50. The Morgan fingerprint density at radius 2 is 1.52 bits per heavy atom. The third-order valence-electron chi connectivity index (χ3n) is 4.31. The lowest BCUT2D eigenvalue weighted by Gasteiger charge is -2.21. The lowest BCUT2D eigenvalue weighted by molar-refractivity contribution is 0.336. The van der Waals surface area contributed by atoms with Gasteiger partial charge in [0.05, 0.1) is 6.61 Å². The number of ether oxygens (including phenoxy) is 1. The summed E-state index contributed by atoms with van der Waals surface area (Å²) in [5.74, 6) is 0.924. The van der Waals surface area contributed by atoms with Crippen LogP contribution in [0.2, 0.25) is 0 Å². The van der Waals surface area contributed by atoms with Crippen LogP contribution in [-0.2, 0) is 13.0 Å². The monoisotopic (exact) mass is 383 g/mol. The fraction of sp³-hybridized carbons (Fsp3) is 0.217. The van der Waals surface area contributed by atoms with E-state index in [1.807, 2.05) is 43.3 Å². The summed E-state index contributed by atoms with van der Waals surface area (Å²) < 4.78 is 5.60. The summed E-state index contributed by atoms with van der Waals surface area (Å²) in [4.78, 5) is 0. The second-order valence-electron chi connectivity index (χ2n) is 6.30. The maximum absolute atomic E-state index is 10.1. The second-order valence-corrected chi connectivity index (χ2v) is 6.30. The number of rotatable bonds is 8. The van der Waals surface area contributed by atoms with Crippen LogP contribution >= 0.6 is 12.4 Å². The fourth-order valence-corrected chi connectivity index (χ4v) is 3.05. The highest BCUT2D eigenvalue weighted by Gasteiger charge is 2.14. The van der Waals surface area contributed by atoms with Crippen molar-refractivity contribution in [1.82, 2.24) is 5.32 Å². The van der Waals surface area contributed by atoms with Crippen LogP contribution in [0.3, 0.4) is 0 Å². The first kappa shape index (κ1) is 20.8. The molecule has 0 saturated heterocycles. The van der Waals surface area contributed by atoms with Gasteiger partial charge >= 0.3 is 0 Å². The lowest BCUT2D eigenvalue weighted by atomic mass is 9.98. The van der Waals surface area contributed by atoms with E-state index in [1.165, 1.54) is 11.1 Å². The highest BCUT2D eigenvalue weighted by atomic mass is 35.5. The third-order valence-corrected chi connectivity index (χ3v) is 4.31. The van der Waals surface area contributed by atoms with Crippen molar-refractivity contribution in [2.75, 3.05) is 6.61 Å². The van der Waals surface area contributed by atoms with Gasteiger partial charge in [0.15, 0.2) is 0 Å². The maximum atomic E-state index is 10.1. The van der Waals surface area contributed by atoms with E-state index >= 15 is 0 Å². The van der Waals surface area contributed by atoms with Gasteiger partial charge in [-0.3, -0.25) is 0 Å². The van der Waals surface area contributed by atoms with E-state index in [2.05, 4.69) is 41.7 Å². The molecule has 0 spiro atoms. The molecule has 0 fully saturated rings. The van der Waals surface area contributed by atoms with Gasteiger partial charge in [-0.15, -0.1) is 12.4 Å². The van der Waals surface area contributed by atoms with Crippen LogP contribution in [-0.4, -0.2) is 11.7 Å². The zero-order chi connectivity index (χ0) is 18.2. The minimum absolute atomic E-state index is 0. The fourth-order valence-electron chi connectivity index (χ4n) is 3.05. The molecule has 0 aliphatic carbocycles. The maximum Gasteiger partial charge on any atom is 0.123 e. The zero-order valence-electron chi connectivity index (χ0n) is 15.5. The van der Waals surface area contributed by atoms with Crippen LogP contribution in [0.25, 0.3) is 0 Å². The highest BCUT2D eigenvalue weighted by Crippen LogP contribution is 2.28. The number of halogens is 1. The van der Waals surface area contributed by atoms with E-state index in [1.54, 1.807) is 6.07 Å². The van der Waals surface area contributed by atoms with Crippen molar-refractivity contribution < 1.29 is 9.84 Å². The van der Waals surface area contributed by atoms with Gasteiger partial charge in [0.25, 0.3) is 0 Å². The summed E-state index contributed by atoms with van der Waals surface area (Å²) in [6, 6.07) is 26.3. The molecule has 3 nitrogen and oxygen atoms in total. The molecule has 0 heterocycles. The summed E-state index contributed by atoms with van der Waals surface area (Å²) in [6.07, 6.45) is 0.836. The standard InChI is InChI=1S/C23H25NO2.ClH/c1-2-26-22-15-20(14-21(25)16-22)23(13-18-9-5-3-6-10-18)24-17-19-11-7-4-8-12-19;/h3-12,14-16,23-25H,2,13,17H2,1H3;1H. The molecule has 3 aromatic rings. The Bertz CT molecular complexity index is 809. The molecule has 4 heteroatoms. The van der Waals surface area contributed by atoms with Crippen LogP contribution in [0.4, 0.5) is 0 Å². The predicted octanol–water partition coefficient (Wildman–Crippen LogP) is 5.29. The van der Waals surface area contributed by atoms with Crippen LogP contribution in [0.1, 0.15) is 29.7 Å². The summed E-state index contributed by atoms with van der Waals surface area (Å²) in [6.45, 7) is 3.28. The molecule has 0 aromatic heterocycles. The molecule has 0 saturated carbocycles. The molecular weight excluding hydrogens is 358 g/mol. The summed E-state index contributed by atoms with van der Waals surface area (Å²) >= 11 is 0. The average Bonchev–Trinajstić information content (AvgIpc) is 2.66. The third kappa shape index (κ3) is 6.31. The number of benzene rings is 3. The van der Waals surface area contributed by atoms with Gasteiger partial charge in [0.2, 0.25) is 0 Å². The van der Waals surface area contributed by atoms with Crippen molar-refractivity contribution in [1.29, 1.82) is 0 Å². The molecule has 0 radical (unpaired) electrons. The predicted molar refractivity (Wildman–Crippen MR) is 113 cm³/mol. The average molecular weight is 384 g/mol. The van der Waals surface area contributed by atoms with Gasteiger partial charge in [0, 0.05) is 18.7 Å². The molecule has 0 bridgehead atoms. The lowest BCUT2D eigenvalue weighted by Crippen LogP contribution is -2.23. The van der Waals surface area contributed by atoms with Gasteiger partial charge in [-0.1, -0.05) is 60.7 Å². The smallest absolute Gasteiger partial charge is 0.123 e. The summed E-state index contributed by atoms with van der Waals surface area (Å²) in [7, 11) is 0. The Morgan fingerprint density at radius 1 is 0.889 bits per heavy atom. The first-order valence-electron chi connectivity index (χ1n) is 9.02. The van der Waals surface area contributed by atoms with E-state index in [-0.39, 0.29) is 24.2 Å². The Hall–Kier alpha value is -2.49. The van der Waals surface area contributed by atoms with Gasteiger partial charge in [-0.25, -0.2) is 0 Å². The van der Waals surface area contributed by atoms with Crippen molar-refractivity contribution in [3.05, 3.63) is 95.6 Å². The molecule has 1 atom stereocenters. The highest BCUT2D eigenvalue weighted by molar-refractivity contribution is 5.85. The molecule has 3 aromatic carbocycles. The Labute approximate surface area is 167 Å². The van der Waals surface area contributed by atoms with Crippen molar-refractivity contribution in [2.45, 2.75) is 25.9 Å². The Kier molecular flexibility index (Phi) is 8.18. The number of phenols is 1. The molecule has 3 rings (SSSR count). The van der Waals surface area contributed by atoms with Crippen molar-refractivity contribution in [3.8, 4) is 11.5 Å². The first-order valence-corrected chi connectivity index (χ1v) is 9.02. The van der Waals surface area contributed by atoms with Crippen molar-refractivity contribution in [2.24, 2.45) is 0 Å². The molecule has 1 unspecified atom stereocenters. The largest absolute Gasteiger partial charge is 0.508 e. The number of hydrogen-bond donors (Lipinski definition) is 2. The Morgan fingerprint density at radius 3 is 2.15 bits per heavy atom. The molecule has 142 valence electrons. The minimum Gasteiger partial charge on any atom is -0.508 e. The zero-order valence-corrected chi connectivity index (χ0v) is 16.3. The summed E-state index contributed by atoms with van der Waals surface area (Å²) in [5, 5.41) is 13.7. The van der Waals surface area contributed by atoms with E-state index in [0.29, 0.717) is 12.4 Å². The number of aromatic hydroxyl groups is 1. The van der Waals surface area contributed by atoms with Gasteiger partial charge < -0.3 is 15.2 Å². The molecule has 2 N–H and O–H groups in total. The molecule has 0 aliphatic heterocycles. The van der Waals surface area contributed by atoms with E-state index in [9.17, 15) is 5.11 Å². The van der Waals surface area contributed by atoms with Gasteiger partial charge in [0.1, 0.15) is 11.5 Å². The van der Waals surface area contributed by atoms with Gasteiger partial charge in [-0.2, -0.15) is 0 Å². The van der Waals surface area contributed by atoms with Crippen LogP contribution < -0.4 is 10.1 Å². The molecule has 0 aliphatic rings. The van der Waals surface area contributed by atoms with E-state index in [4.69, 9.17) is 4.74 Å². The Balaban J connectivity index is 0.00000261. The van der Waals surface area contributed by atoms with E-state index in [0.717, 1.165) is 18.5 Å². The topological polar surface area (TPSA) is 41.5 Å². The van der Waals surface area contributed by atoms with E-state index < -0.39 is 0 Å². The minimum atomic E-state index is 0. The molecule has 27 heavy (non-hydrogen) atoms. The van der Waals surface area contributed by atoms with Crippen molar-refractivity contribution >= 4 is 12.4 Å².